The zero-order chi connectivity index (χ0) is 20.1. The number of carbonyl (C=O) groups is 3. The Labute approximate surface area is 166 Å². The molecule has 0 aliphatic heterocycles. The summed E-state index contributed by atoms with van der Waals surface area (Å²) in [6.07, 6.45) is 0.276. The molecular weight excluding hydrogens is 380 g/mol. The summed E-state index contributed by atoms with van der Waals surface area (Å²) in [6.45, 7) is -0.284. The van der Waals surface area contributed by atoms with E-state index in [1.54, 1.807) is 24.3 Å². The van der Waals surface area contributed by atoms with E-state index in [4.69, 9.17) is 17.3 Å². The monoisotopic (exact) mass is 398 g/mol. The first-order chi connectivity index (χ1) is 13.4. The minimum atomic E-state index is -0.859. The molecule has 0 bridgehead atoms. The van der Waals surface area contributed by atoms with E-state index >= 15 is 0 Å². The van der Waals surface area contributed by atoms with E-state index in [0.29, 0.717) is 10.7 Å². The highest BCUT2D eigenvalue weighted by molar-refractivity contribution is 6.31. The molecule has 0 spiro atoms. The quantitative estimate of drug-likeness (QED) is 0.485. The molecule has 0 aliphatic carbocycles. The third-order valence-electron chi connectivity index (χ3n) is 4.20. The van der Waals surface area contributed by atoms with Crippen molar-refractivity contribution >= 4 is 40.2 Å². The SMILES string of the molecule is NC(=O)[C@@H](Cc1ccccc1)NC(=O)CNC(=O)c1cc2cc(Cl)ccc2[nH]1. The van der Waals surface area contributed by atoms with Crippen molar-refractivity contribution in [2.75, 3.05) is 6.54 Å². The van der Waals surface area contributed by atoms with Crippen molar-refractivity contribution in [1.29, 1.82) is 0 Å². The summed E-state index contributed by atoms with van der Waals surface area (Å²) in [5.41, 5.74) is 7.31. The fourth-order valence-corrected chi connectivity index (χ4v) is 2.98. The minimum Gasteiger partial charge on any atom is -0.368 e. The molecule has 0 saturated heterocycles. The maximum absolute atomic E-state index is 12.3. The highest BCUT2D eigenvalue weighted by Crippen LogP contribution is 2.19. The number of halogens is 1. The molecule has 7 nitrogen and oxygen atoms in total. The largest absolute Gasteiger partial charge is 0.368 e. The van der Waals surface area contributed by atoms with Gasteiger partial charge in [-0.2, -0.15) is 0 Å². The number of fused-ring (bicyclic) bond motifs is 1. The molecule has 0 fully saturated rings. The summed E-state index contributed by atoms with van der Waals surface area (Å²) in [6, 6.07) is 15.2. The molecule has 3 rings (SSSR count). The predicted molar refractivity (Wildman–Crippen MR) is 107 cm³/mol. The lowest BCUT2D eigenvalue weighted by Crippen LogP contribution is -2.49. The van der Waals surface area contributed by atoms with Gasteiger partial charge in [-0.25, -0.2) is 0 Å². The van der Waals surface area contributed by atoms with Gasteiger partial charge in [-0.1, -0.05) is 41.9 Å². The normalized spacial score (nSPS) is 11.8. The van der Waals surface area contributed by atoms with Crippen LogP contribution in [0.1, 0.15) is 16.1 Å². The van der Waals surface area contributed by atoms with Gasteiger partial charge < -0.3 is 21.4 Å². The number of H-pyrrole nitrogens is 1. The van der Waals surface area contributed by atoms with Crippen LogP contribution in [0.5, 0.6) is 0 Å². The second-order valence-electron chi connectivity index (χ2n) is 6.31. The molecule has 0 saturated carbocycles. The van der Waals surface area contributed by atoms with E-state index < -0.39 is 23.8 Å². The summed E-state index contributed by atoms with van der Waals surface area (Å²) in [5.74, 6) is -1.59. The van der Waals surface area contributed by atoms with Crippen molar-refractivity contribution in [2.24, 2.45) is 5.73 Å². The van der Waals surface area contributed by atoms with E-state index in [-0.39, 0.29) is 13.0 Å². The molecule has 2 aromatic carbocycles. The smallest absolute Gasteiger partial charge is 0.268 e. The first-order valence-electron chi connectivity index (χ1n) is 8.61. The van der Waals surface area contributed by atoms with Crippen LogP contribution in [0.2, 0.25) is 5.02 Å². The van der Waals surface area contributed by atoms with Crippen LogP contribution in [0.3, 0.4) is 0 Å². The molecule has 1 aromatic heterocycles. The Hall–Kier alpha value is -3.32. The molecule has 0 radical (unpaired) electrons. The molecule has 8 heteroatoms. The van der Waals surface area contributed by atoms with Crippen LogP contribution in [0, 0.1) is 0 Å². The van der Waals surface area contributed by atoms with Gasteiger partial charge in [0.05, 0.1) is 6.54 Å². The van der Waals surface area contributed by atoms with Gasteiger partial charge in [-0.3, -0.25) is 14.4 Å². The van der Waals surface area contributed by atoms with Crippen LogP contribution < -0.4 is 16.4 Å². The fourth-order valence-electron chi connectivity index (χ4n) is 2.80. The fraction of sp³-hybridized carbons (Fsp3) is 0.150. The Kier molecular flexibility index (Phi) is 5.96. The van der Waals surface area contributed by atoms with Crippen molar-refractivity contribution < 1.29 is 14.4 Å². The number of carbonyl (C=O) groups excluding carboxylic acids is 3. The number of rotatable bonds is 7. The van der Waals surface area contributed by atoms with Gasteiger partial charge in [0.25, 0.3) is 5.91 Å². The Morgan fingerprint density at radius 1 is 1.07 bits per heavy atom. The number of hydrogen-bond donors (Lipinski definition) is 4. The Bertz CT molecular complexity index is 1020. The number of aromatic amines is 1. The van der Waals surface area contributed by atoms with Gasteiger partial charge in [0.1, 0.15) is 11.7 Å². The number of nitrogens with two attached hydrogens (primary N) is 1. The average molecular weight is 399 g/mol. The van der Waals surface area contributed by atoms with E-state index in [1.807, 2.05) is 30.3 Å². The third-order valence-corrected chi connectivity index (χ3v) is 4.43. The van der Waals surface area contributed by atoms with Crippen molar-refractivity contribution in [1.82, 2.24) is 15.6 Å². The minimum absolute atomic E-state index is 0.276. The second kappa shape index (κ2) is 8.58. The maximum atomic E-state index is 12.3. The second-order valence-corrected chi connectivity index (χ2v) is 6.75. The first kappa shape index (κ1) is 19.4. The molecule has 28 heavy (non-hydrogen) atoms. The van der Waals surface area contributed by atoms with Gasteiger partial charge in [-0.05, 0) is 29.8 Å². The summed E-state index contributed by atoms with van der Waals surface area (Å²) in [4.78, 5) is 39.0. The molecule has 5 N–H and O–H groups in total. The van der Waals surface area contributed by atoms with Crippen molar-refractivity contribution in [3.8, 4) is 0 Å². The molecular formula is C20H19ClN4O3. The maximum Gasteiger partial charge on any atom is 0.268 e. The zero-order valence-corrected chi connectivity index (χ0v) is 15.6. The molecule has 1 heterocycles. The number of benzene rings is 2. The van der Waals surface area contributed by atoms with Crippen molar-refractivity contribution in [2.45, 2.75) is 12.5 Å². The van der Waals surface area contributed by atoms with Gasteiger partial charge in [-0.15, -0.1) is 0 Å². The molecule has 3 amide bonds. The number of aromatic nitrogens is 1. The van der Waals surface area contributed by atoms with Crippen LogP contribution >= 0.6 is 11.6 Å². The lowest BCUT2D eigenvalue weighted by molar-refractivity contribution is -0.126. The van der Waals surface area contributed by atoms with E-state index in [9.17, 15) is 14.4 Å². The van der Waals surface area contributed by atoms with Crippen LogP contribution in [0.4, 0.5) is 0 Å². The van der Waals surface area contributed by atoms with Crippen LogP contribution in [0.15, 0.2) is 54.6 Å². The van der Waals surface area contributed by atoms with Gasteiger partial charge in [0.2, 0.25) is 11.8 Å². The average Bonchev–Trinajstić information content (AvgIpc) is 3.09. The van der Waals surface area contributed by atoms with Crippen LogP contribution in [0.25, 0.3) is 10.9 Å². The Morgan fingerprint density at radius 3 is 2.54 bits per heavy atom. The Balaban J connectivity index is 1.57. The number of amides is 3. The molecule has 144 valence electrons. The van der Waals surface area contributed by atoms with Crippen LogP contribution in [-0.2, 0) is 16.0 Å². The summed E-state index contributed by atoms with van der Waals surface area (Å²) in [5, 5.41) is 6.42. The summed E-state index contributed by atoms with van der Waals surface area (Å²) in [7, 11) is 0. The van der Waals surface area contributed by atoms with Gasteiger partial charge in [0, 0.05) is 22.3 Å². The zero-order valence-electron chi connectivity index (χ0n) is 14.9. The molecule has 0 aliphatic rings. The number of primary amides is 1. The first-order valence-corrected chi connectivity index (χ1v) is 8.99. The van der Waals surface area contributed by atoms with Crippen molar-refractivity contribution in [3.05, 3.63) is 70.9 Å². The number of nitrogens with one attached hydrogen (secondary N) is 3. The van der Waals surface area contributed by atoms with Crippen LogP contribution in [-0.4, -0.2) is 35.3 Å². The topological polar surface area (TPSA) is 117 Å². The Morgan fingerprint density at radius 2 is 1.82 bits per heavy atom. The lowest BCUT2D eigenvalue weighted by atomic mass is 10.1. The third kappa shape index (κ3) is 4.89. The molecule has 3 aromatic rings. The number of hydrogen-bond acceptors (Lipinski definition) is 3. The predicted octanol–water partition coefficient (Wildman–Crippen LogP) is 1.76. The highest BCUT2D eigenvalue weighted by atomic mass is 35.5. The van der Waals surface area contributed by atoms with E-state index in [0.717, 1.165) is 16.5 Å². The van der Waals surface area contributed by atoms with Crippen molar-refractivity contribution in [3.63, 3.8) is 0 Å². The molecule has 0 unspecified atom stereocenters. The standard InChI is InChI=1S/C20H19ClN4O3/c21-14-6-7-15-13(9-14)10-17(24-15)20(28)23-11-18(26)25-16(19(22)27)8-12-4-2-1-3-5-12/h1-7,9-10,16,24H,8,11H2,(H2,22,27)(H,23,28)(H,25,26)/t16-/m1/s1. The van der Waals surface area contributed by atoms with E-state index in [1.165, 1.54) is 0 Å². The summed E-state index contributed by atoms with van der Waals surface area (Å²) < 4.78 is 0. The van der Waals surface area contributed by atoms with Gasteiger partial charge in [0.15, 0.2) is 0 Å². The highest BCUT2D eigenvalue weighted by Gasteiger charge is 2.19. The van der Waals surface area contributed by atoms with E-state index in [2.05, 4.69) is 15.6 Å². The lowest BCUT2D eigenvalue weighted by Gasteiger charge is -2.15. The van der Waals surface area contributed by atoms with Gasteiger partial charge >= 0.3 is 0 Å². The summed E-state index contributed by atoms with van der Waals surface area (Å²) >= 11 is 5.94. The molecule has 1 atom stereocenters.